The summed E-state index contributed by atoms with van der Waals surface area (Å²) in [6.45, 7) is 1.64. The summed E-state index contributed by atoms with van der Waals surface area (Å²) in [5.41, 5.74) is 0.639. The number of aromatic nitrogens is 3. The molecule has 0 radical (unpaired) electrons. The zero-order chi connectivity index (χ0) is 25.8. The molecule has 2 saturated heterocycles. The van der Waals surface area contributed by atoms with Gasteiger partial charge in [0.15, 0.2) is 11.0 Å². The number of fused-ring (bicyclic) bond motifs is 6. The minimum absolute atomic E-state index is 0.0651. The number of aliphatic hydroxyl groups is 1. The van der Waals surface area contributed by atoms with E-state index < -0.39 is 11.9 Å². The van der Waals surface area contributed by atoms with Crippen LogP contribution in [-0.2, 0) is 0 Å². The zero-order valence-corrected chi connectivity index (χ0v) is 21.6. The average molecular weight is 534 g/mol. The van der Waals surface area contributed by atoms with E-state index in [-0.39, 0.29) is 40.8 Å². The van der Waals surface area contributed by atoms with E-state index in [4.69, 9.17) is 16.3 Å². The fourth-order valence-corrected chi connectivity index (χ4v) is 7.52. The van der Waals surface area contributed by atoms with E-state index >= 15 is 4.39 Å². The Morgan fingerprint density at radius 2 is 1.70 bits per heavy atom. The topological polar surface area (TPSA) is 112 Å². The standard InChI is InChI=1S/C26H33ClFN5O4/c27-21-19(28)20-18(13-29-21)22(32-14-16-1-2-17(15-32)33(16)24(35)36)31-23(30-20)37-12-10-26-6-3-25(4-7-26,5-8-26)9-11-34/h13,16-17,34H,1-12,14-15H2,(H,35,36). The van der Waals surface area contributed by atoms with E-state index in [0.29, 0.717) is 36.3 Å². The maximum Gasteiger partial charge on any atom is 0.407 e. The van der Waals surface area contributed by atoms with Gasteiger partial charge in [0, 0.05) is 25.9 Å². The monoisotopic (exact) mass is 533 g/mol. The number of aliphatic hydroxyl groups excluding tert-OH is 1. The van der Waals surface area contributed by atoms with Gasteiger partial charge in [-0.15, -0.1) is 0 Å². The number of pyridine rings is 1. The number of halogens is 2. The third kappa shape index (κ3) is 4.35. The van der Waals surface area contributed by atoms with Gasteiger partial charge < -0.3 is 19.8 Å². The minimum Gasteiger partial charge on any atom is -0.465 e. The van der Waals surface area contributed by atoms with Gasteiger partial charge in [-0.25, -0.2) is 14.2 Å². The van der Waals surface area contributed by atoms with Gasteiger partial charge in [0.1, 0.15) is 11.3 Å². The van der Waals surface area contributed by atoms with Crippen LogP contribution in [0.4, 0.5) is 15.0 Å². The second-order valence-electron chi connectivity index (χ2n) is 11.5. The molecule has 4 bridgehead atoms. The number of anilines is 1. The molecule has 11 heteroatoms. The Kier molecular flexibility index (Phi) is 6.30. The number of nitrogens with zero attached hydrogens (tertiary/aromatic N) is 5. The van der Waals surface area contributed by atoms with Gasteiger partial charge in [-0.2, -0.15) is 9.97 Å². The minimum atomic E-state index is -0.901. The Morgan fingerprint density at radius 3 is 2.30 bits per heavy atom. The smallest absolute Gasteiger partial charge is 0.407 e. The van der Waals surface area contributed by atoms with Gasteiger partial charge in [-0.3, -0.25) is 4.90 Å². The Morgan fingerprint density at radius 1 is 1.08 bits per heavy atom. The van der Waals surface area contributed by atoms with Crippen molar-refractivity contribution in [3.63, 3.8) is 0 Å². The van der Waals surface area contributed by atoms with Crippen LogP contribution < -0.4 is 9.64 Å². The van der Waals surface area contributed by atoms with E-state index in [1.807, 2.05) is 4.90 Å². The first kappa shape index (κ1) is 24.9. The quantitative estimate of drug-likeness (QED) is 0.495. The lowest BCUT2D eigenvalue weighted by Gasteiger charge is -2.53. The number of carbonyl (C=O) groups is 1. The Hall–Kier alpha value is -2.46. The van der Waals surface area contributed by atoms with Crippen molar-refractivity contribution >= 4 is 34.4 Å². The van der Waals surface area contributed by atoms with E-state index in [2.05, 4.69) is 15.0 Å². The molecule has 2 atom stereocenters. The molecule has 4 heterocycles. The normalized spacial score (nSPS) is 30.8. The molecule has 7 rings (SSSR count). The van der Waals surface area contributed by atoms with Gasteiger partial charge in [0.05, 0.1) is 24.1 Å². The van der Waals surface area contributed by atoms with Crippen LogP contribution in [0, 0.1) is 16.6 Å². The molecule has 3 aliphatic carbocycles. The maximum atomic E-state index is 15.0. The van der Waals surface area contributed by atoms with Crippen LogP contribution in [0.1, 0.15) is 64.2 Å². The van der Waals surface area contributed by atoms with Crippen molar-refractivity contribution in [1.29, 1.82) is 0 Å². The van der Waals surface area contributed by atoms with Gasteiger partial charge in [-0.1, -0.05) is 11.6 Å². The molecule has 2 aliphatic heterocycles. The van der Waals surface area contributed by atoms with Crippen LogP contribution >= 0.6 is 11.6 Å². The summed E-state index contributed by atoms with van der Waals surface area (Å²) in [4.78, 5) is 28.3. The van der Waals surface area contributed by atoms with Crippen LogP contribution in [0.15, 0.2) is 6.20 Å². The fraction of sp³-hybridized carbons (Fsp3) is 0.692. The van der Waals surface area contributed by atoms with E-state index in [1.54, 1.807) is 0 Å². The number of hydrogen-bond donors (Lipinski definition) is 2. The molecule has 0 aromatic carbocycles. The highest BCUT2D eigenvalue weighted by Crippen LogP contribution is 2.59. The van der Waals surface area contributed by atoms with Crippen molar-refractivity contribution < 1.29 is 24.1 Å². The lowest BCUT2D eigenvalue weighted by Crippen LogP contribution is -2.55. The highest BCUT2D eigenvalue weighted by Gasteiger charge is 2.48. The molecular weight excluding hydrogens is 501 g/mol. The van der Waals surface area contributed by atoms with Crippen molar-refractivity contribution in [2.45, 2.75) is 76.3 Å². The Balaban J connectivity index is 1.22. The molecule has 2 unspecified atom stereocenters. The molecule has 9 nitrogen and oxygen atoms in total. The molecule has 5 fully saturated rings. The summed E-state index contributed by atoms with van der Waals surface area (Å²) in [5.74, 6) is -0.203. The summed E-state index contributed by atoms with van der Waals surface area (Å²) in [7, 11) is 0. The number of piperazine rings is 1. The zero-order valence-electron chi connectivity index (χ0n) is 20.8. The van der Waals surface area contributed by atoms with E-state index in [9.17, 15) is 15.0 Å². The molecule has 5 aliphatic rings. The average Bonchev–Trinajstić information content (AvgIpc) is 3.17. The Labute approximate surface area is 220 Å². The first-order valence-electron chi connectivity index (χ1n) is 13.3. The van der Waals surface area contributed by atoms with Crippen LogP contribution in [0.25, 0.3) is 10.9 Å². The number of carboxylic acid groups (broad SMARTS) is 1. The summed E-state index contributed by atoms with van der Waals surface area (Å²) in [5, 5.41) is 19.3. The summed E-state index contributed by atoms with van der Waals surface area (Å²) in [6, 6.07) is -0.162. The molecule has 2 aromatic heterocycles. The maximum absolute atomic E-state index is 15.0. The van der Waals surface area contributed by atoms with Crippen molar-refractivity contribution in [2.75, 3.05) is 31.2 Å². The van der Waals surface area contributed by atoms with Crippen molar-refractivity contribution in [3.05, 3.63) is 17.2 Å². The molecule has 1 amide bonds. The van der Waals surface area contributed by atoms with Crippen LogP contribution in [0.2, 0.25) is 5.15 Å². The van der Waals surface area contributed by atoms with Crippen molar-refractivity contribution in [1.82, 2.24) is 19.9 Å². The predicted octanol–water partition coefficient (Wildman–Crippen LogP) is 4.64. The number of hydrogen-bond acceptors (Lipinski definition) is 7. The first-order chi connectivity index (χ1) is 17.8. The number of ether oxygens (including phenoxy) is 1. The number of rotatable bonds is 7. The summed E-state index contributed by atoms with van der Waals surface area (Å²) < 4.78 is 21.1. The molecule has 0 spiro atoms. The van der Waals surface area contributed by atoms with Crippen molar-refractivity contribution in [2.24, 2.45) is 10.8 Å². The van der Waals surface area contributed by atoms with Gasteiger partial charge in [0.25, 0.3) is 0 Å². The highest BCUT2D eigenvalue weighted by atomic mass is 35.5. The third-order valence-electron chi connectivity index (χ3n) is 9.67. The number of amides is 1. The second kappa shape index (κ2) is 9.38. The van der Waals surface area contributed by atoms with Gasteiger partial charge in [0.2, 0.25) is 0 Å². The van der Waals surface area contributed by atoms with Gasteiger partial charge in [-0.05, 0) is 75.0 Å². The molecular formula is C26H33ClFN5O4. The van der Waals surface area contributed by atoms with Gasteiger partial charge >= 0.3 is 12.1 Å². The lowest BCUT2D eigenvalue weighted by atomic mass is 9.52. The lowest BCUT2D eigenvalue weighted by molar-refractivity contribution is -0.0335. The van der Waals surface area contributed by atoms with Crippen molar-refractivity contribution in [3.8, 4) is 6.01 Å². The van der Waals surface area contributed by atoms with Crippen LogP contribution in [0.3, 0.4) is 0 Å². The fourth-order valence-electron chi connectivity index (χ4n) is 7.38. The molecule has 37 heavy (non-hydrogen) atoms. The van der Waals surface area contributed by atoms with Crippen LogP contribution in [-0.4, -0.2) is 74.5 Å². The molecule has 2 N–H and O–H groups in total. The Bertz CT molecular complexity index is 1180. The van der Waals surface area contributed by atoms with E-state index in [0.717, 1.165) is 64.2 Å². The highest BCUT2D eigenvalue weighted by molar-refractivity contribution is 6.30. The van der Waals surface area contributed by atoms with Crippen LogP contribution in [0.5, 0.6) is 6.01 Å². The first-order valence-corrected chi connectivity index (χ1v) is 13.7. The largest absolute Gasteiger partial charge is 0.465 e. The SMILES string of the molecule is O=C(O)N1C2CCC1CN(c1nc(OCCC34CCC(CCO)(CC3)CC4)nc3c(F)c(Cl)ncc13)C2. The molecule has 200 valence electrons. The molecule has 2 aromatic rings. The third-order valence-corrected chi connectivity index (χ3v) is 9.93. The predicted molar refractivity (Wildman–Crippen MR) is 136 cm³/mol. The molecule has 3 saturated carbocycles. The summed E-state index contributed by atoms with van der Waals surface area (Å²) in [6.07, 6.45) is 10.9. The summed E-state index contributed by atoms with van der Waals surface area (Å²) >= 11 is 5.98. The second-order valence-corrected chi connectivity index (χ2v) is 11.9. The van der Waals surface area contributed by atoms with E-state index in [1.165, 1.54) is 11.1 Å².